The van der Waals surface area contributed by atoms with E-state index in [1.165, 1.54) is 27.1 Å². The van der Waals surface area contributed by atoms with Crippen molar-refractivity contribution in [3.8, 4) is 11.4 Å². The fraction of sp³-hybridized carbons (Fsp3) is 0.348. The lowest BCUT2D eigenvalue weighted by molar-refractivity contribution is -0.166. The predicted octanol–water partition coefficient (Wildman–Crippen LogP) is 2.72. The number of fused-ring (bicyclic) bond motifs is 3. The predicted molar refractivity (Wildman–Crippen MR) is 139 cm³/mol. The van der Waals surface area contributed by atoms with Crippen LogP contribution in [0.15, 0.2) is 30.6 Å². The summed E-state index contributed by atoms with van der Waals surface area (Å²) in [5, 5.41) is 9.26. The van der Waals surface area contributed by atoms with Crippen LogP contribution >= 0.6 is 34.2 Å². The van der Waals surface area contributed by atoms with Crippen molar-refractivity contribution >= 4 is 68.9 Å². The Morgan fingerprint density at radius 1 is 1.00 bits per heavy atom. The molecule has 0 unspecified atom stereocenters. The van der Waals surface area contributed by atoms with Gasteiger partial charge in [-0.15, -0.1) is 10.2 Å². The third kappa shape index (κ3) is 4.90. The van der Waals surface area contributed by atoms with Crippen LogP contribution in [0.1, 0.15) is 27.0 Å². The number of ether oxygens (including phenoxy) is 4. The van der Waals surface area contributed by atoms with Gasteiger partial charge in [0.05, 0.1) is 6.33 Å². The molecule has 1 aliphatic rings. The number of hydrogen-bond donors (Lipinski definition) is 0. The van der Waals surface area contributed by atoms with E-state index in [-0.39, 0.29) is 6.61 Å². The zero-order valence-electron chi connectivity index (χ0n) is 20.2. The van der Waals surface area contributed by atoms with Crippen molar-refractivity contribution in [2.45, 2.75) is 45.3 Å². The Bertz CT molecular complexity index is 1560. The molecule has 0 radical (unpaired) electrons. The fourth-order valence-corrected chi connectivity index (χ4v) is 5.07. The average Bonchev–Trinajstić information content (AvgIpc) is 3.54. The van der Waals surface area contributed by atoms with Gasteiger partial charge in [-0.25, -0.2) is 9.97 Å². The second-order valence-corrected chi connectivity index (χ2v) is 9.81. The van der Waals surface area contributed by atoms with Crippen molar-refractivity contribution in [3.63, 3.8) is 0 Å². The topological polar surface area (TPSA) is 149 Å². The maximum Gasteiger partial charge on any atom is 0.303 e. The van der Waals surface area contributed by atoms with E-state index in [0.29, 0.717) is 31.5 Å². The van der Waals surface area contributed by atoms with Gasteiger partial charge in [0, 0.05) is 53.9 Å². The highest BCUT2D eigenvalue weighted by molar-refractivity contribution is 14.1. The number of hydrogen-bond acceptors (Lipinski definition) is 11. The fourth-order valence-electron chi connectivity index (χ4n) is 4.26. The number of esters is 3. The van der Waals surface area contributed by atoms with E-state index in [4.69, 9.17) is 35.5 Å². The number of imidazole rings is 1. The number of carbonyl (C=O) groups is 3. The van der Waals surface area contributed by atoms with Gasteiger partial charge in [-0.1, -0.05) is 11.6 Å². The Hall–Kier alpha value is -3.37. The van der Waals surface area contributed by atoms with Crippen molar-refractivity contribution in [2.75, 3.05) is 6.61 Å². The van der Waals surface area contributed by atoms with E-state index in [1.807, 2.05) is 12.1 Å². The maximum absolute atomic E-state index is 12.0. The van der Waals surface area contributed by atoms with Gasteiger partial charge >= 0.3 is 17.9 Å². The molecule has 5 rings (SSSR count). The summed E-state index contributed by atoms with van der Waals surface area (Å²) in [6.07, 6.45) is -2.58. The van der Waals surface area contributed by atoms with E-state index in [1.54, 1.807) is 21.1 Å². The van der Waals surface area contributed by atoms with Crippen LogP contribution < -0.4 is 0 Å². The summed E-state index contributed by atoms with van der Waals surface area (Å²) in [7, 11) is 0. The largest absolute Gasteiger partial charge is 0.463 e. The number of benzene rings is 1. The summed E-state index contributed by atoms with van der Waals surface area (Å²) in [6.45, 7) is 3.47. The first kappa shape index (κ1) is 26.2. The van der Waals surface area contributed by atoms with E-state index in [2.05, 4.69) is 37.8 Å². The van der Waals surface area contributed by atoms with Gasteiger partial charge < -0.3 is 18.9 Å². The average molecular weight is 655 g/mol. The van der Waals surface area contributed by atoms with Crippen LogP contribution in [-0.2, 0) is 33.3 Å². The molecule has 1 fully saturated rings. The zero-order valence-corrected chi connectivity index (χ0v) is 23.1. The van der Waals surface area contributed by atoms with Gasteiger partial charge in [0.2, 0.25) is 0 Å². The first-order valence-electron chi connectivity index (χ1n) is 11.3. The molecule has 13 nitrogen and oxygen atoms in total. The molecule has 1 aliphatic heterocycles. The van der Waals surface area contributed by atoms with Crippen LogP contribution in [0.3, 0.4) is 0 Å². The van der Waals surface area contributed by atoms with Gasteiger partial charge in [0.25, 0.3) is 0 Å². The monoisotopic (exact) mass is 654 g/mol. The first-order valence-corrected chi connectivity index (χ1v) is 12.8. The molecule has 38 heavy (non-hydrogen) atoms. The Kier molecular flexibility index (Phi) is 7.19. The lowest BCUT2D eigenvalue weighted by atomic mass is 10.1. The van der Waals surface area contributed by atoms with Crippen molar-refractivity contribution in [3.05, 3.63) is 39.4 Å². The molecule has 198 valence electrons. The Balaban J connectivity index is 1.60. The van der Waals surface area contributed by atoms with Crippen molar-refractivity contribution in [2.24, 2.45) is 0 Å². The summed E-state index contributed by atoms with van der Waals surface area (Å²) in [6, 6.07) is 7.16. The Morgan fingerprint density at radius 3 is 2.34 bits per heavy atom. The number of aromatic nitrogens is 6. The smallest absolute Gasteiger partial charge is 0.303 e. The quantitative estimate of drug-likeness (QED) is 0.131. The van der Waals surface area contributed by atoms with Crippen LogP contribution in [0.25, 0.3) is 28.2 Å². The molecule has 3 aromatic heterocycles. The van der Waals surface area contributed by atoms with Crippen LogP contribution in [0, 0.1) is 3.83 Å². The summed E-state index contributed by atoms with van der Waals surface area (Å²) in [5.74, 6) is -1.23. The van der Waals surface area contributed by atoms with E-state index in [9.17, 15) is 14.4 Å². The molecule has 0 spiro atoms. The molecular weight excluding hydrogens is 635 g/mol. The number of rotatable bonds is 6. The van der Waals surface area contributed by atoms with Gasteiger partial charge in [-0.2, -0.15) is 0 Å². The molecule has 4 heterocycles. The molecule has 4 aromatic rings. The van der Waals surface area contributed by atoms with Crippen LogP contribution in [0.2, 0.25) is 5.02 Å². The van der Waals surface area contributed by atoms with Crippen molar-refractivity contribution < 1.29 is 33.3 Å². The van der Waals surface area contributed by atoms with Gasteiger partial charge in [0.1, 0.15) is 12.7 Å². The lowest BCUT2D eigenvalue weighted by Gasteiger charge is -2.23. The molecule has 0 aliphatic carbocycles. The minimum Gasteiger partial charge on any atom is -0.463 e. The molecule has 0 amide bonds. The summed E-state index contributed by atoms with van der Waals surface area (Å²) in [4.78, 5) is 44.5. The summed E-state index contributed by atoms with van der Waals surface area (Å²) in [5.41, 5.74) is 2.01. The molecule has 1 saturated heterocycles. The summed E-state index contributed by atoms with van der Waals surface area (Å²) < 4.78 is 26.0. The highest BCUT2D eigenvalue weighted by Gasteiger charge is 2.51. The highest BCUT2D eigenvalue weighted by Crippen LogP contribution is 2.37. The minimum absolute atomic E-state index is 0.224. The van der Waals surface area contributed by atoms with E-state index >= 15 is 0 Å². The molecule has 0 N–H and O–H groups in total. The van der Waals surface area contributed by atoms with Crippen LogP contribution in [0.5, 0.6) is 0 Å². The molecule has 4 atom stereocenters. The molecular formula is C23H20ClIN6O7. The zero-order chi connectivity index (χ0) is 27.1. The molecule has 0 bridgehead atoms. The first-order chi connectivity index (χ1) is 18.1. The second-order valence-electron chi connectivity index (χ2n) is 8.41. The third-order valence-electron chi connectivity index (χ3n) is 5.74. The third-order valence-corrected chi connectivity index (χ3v) is 6.72. The van der Waals surface area contributed by atoms with Crippen molar-refractivity contribution in [1.29, 1.82) is 0 Å². The van der Waals surface area contributed by atoms with E-state index < -0.39 is 42.4 Å². The highest BCUT2D eigenvalue weighted by atomic mass is 127. The maximum atomic E-state index is 12.0. The molecule has 0 saturated carbocycles. The number of carbonyl (C=O) groups excluding carboxylic acids is 3. The SMILES string of the molecule is CC(=O)OC[C@H]1O[C@@H](n2cnc3c2nc(I)n2c(-c4ccc(Cl)cc4)nnc32)[C@H](OC(C)=O)[C@@H]1OC(C)=O. The second kappa shape index (κ2) is 10.4. The summed E-state index contributed by atoms with van der Waals surface area (Å²) >= 11 is 8.09. The van der Waals surface area contributed by atoms with Crippen molar-refractivity contribution in [1.82, 2.24) is 29.1 Å². The lowest BCUT2D eigenvalue weighted by Crippen LogP contribution is -2.40. The Morgan fingerprint density at radius 2 is 1.68 bits per heavy atom. The normalized spacial score (nSPS) is 21.1. The van der Waals surface area contributed by atoms with Gasteiger partial charge in [-0.05, 0) is 24.3 Å². The van der Waals surface area contributed by atoms with Gasteiger partial charge in [-0.3, -0.25) is 23.4 Å². The number of nitrogens with zero attached hydrogens (tertiary/aromatic N) is 6. The molecule has 1 aromatic carbocycles. The van der Waals surface area contributed by atoms with E-state index in [0.717, 1.165) is 5.56 Å². The van der Waals surface area contributed by atoms with Crippen LogP contribution in [-0.4, -0.2) is 72.0 Å². The van der Waals surface area contributed by atoms with Gasteiger partial charge in [0.15, 0.2) is 44.9 Å². The minimum atomic E-state index is -1.08. The van der Waals surface area contributed by atoms with Crippen LogP contribution in [0.4, 0.5) is 0 Å². The standard InChI is InChI=1S/C23H20ClIN6O7/c1-10(32)35-8-15-17(36-11(2)33)18(37-12(3)34)22(38-15)30-9-26-16-20(30)27-23(25)31-19(28-29-21(16)31)13-4-6-14(24)7-5-13/h4-7,9,15,17-18,22H,8H2,1-3H3/t15-,17-,18-,22-/m1/s1. The Labute approximate surface area is 233 Å². The molecule has 15 heteroatoms. The number of halogens is 2.